The molecule has 0 bridgehead atoms. The third-order valence-electron chi connectivity index (χ3n) is 8.17. The fraction of sp³-hybridized carbons (Fsp3) is 0.667. The van der Waals surface area contributed by atoms with Crippen molar-refractivity contribution >= 4 is 29.4 Å². The third kappa shape index (κ3) is 5.11. The molecule has 36 heavy (non-hydrogen) atoms. The number of esters is 1. The van der Waals surface area contributed by atoms with Crippen LogP contribution in [0.15, 0.2) is 6.07 Å². The van der Waals surface area contributed by atoms with Crippen LogP contribution in [0.4, 0.5) is 0 Å². The van der Waals surface area contributed by atoms with Gasteiger partial charge in [-0.25, -0.2) is 4.79 Å². The zero-order valence-electron chi connectivity index (χ0n) is 21.4. The largest absolute Gasteiger partial charge is 0.462 e. The van der Waals surface area contributed by atoms with Gasteiger partial charge in [0.25, 0.3) is 5.91 Å². The number of rotatable bonds is 9. The number of amides is 2. The predicted molar refractivity (Wildman–Crippen MR) is 131 cm³/mol. The number of ketones is 2. The third-order valence-corrected chi connectivity index (χ3v) is 8.17. The van der Waals surface area contributed by atoms with Gasteiger partial charge in [-0.15, -0.1) is 0 Å². The van der Waals surface area contributed by atoms with Crippen molar-refractivity contribution in [2.75, 3.05) is 13.2 Å². The smallest absolute Gasteiger partial charge is 0.339 e. The first kappa shape index (κ1) is 26.1. The van der Waals surface area contributed by atoms with Crippen LogP contribution in [-0.4, -0.2) is 64.5 Å². The van der Waals surface area contributed by atoms with Gasteiger partial charge in [0, 0.05) is 31.0 Å². The molecular formula is C27H37N3O6. The van der Waals surface area contributed by atoms with E-state index >= 15 is 0 Å². The maximum Gasteiger partial charge on any atom is 0.339 e. The molecular weight excluding hydrogens is 462 g/mol. The molecule has 2 heterocycles. The number of ether oxygens (including phenoxy) is 1. The van der Waals surface area contributed by atoms with Crippen LogP contribution in [0.5, 0.6) is 0 Å². The molecule has 9 nitrogen and oxygen atoms in total. The molecule has 0 aromatic carbocycles. The molecule has 2 N–H and O–H groups in total. The van der Waals surface area contributed by atoms with Crippen molar-refractivity contribution in [1.29, 1.82) is 0 Å². The minimum Gasteiger partial charge on any atom is -0.462 e. The summed E-state index contributed by atoms with van der Waals surface area (Å²) in [5, 5.41) is 2.94. The molecule has 1 aliphatic heterocycles. The second-order valence-electron chi connectivity index (χ2n) is 10.4. The summed E-state index contributed by atoms with van der Waals surface area (Å²) < 4.78 is 5.08. The van der Waals surface area contributed by atoms with Gasteiger partial charge in [-0.2, -0.15) is 0 Å². The van der Waals surface area contributed by atoms with Crippen molar-refractivity contribution in [2.24, 2.45) is 17.8 Å². The van der Waals surface area contributed by atoms with E-state index in [0.717, 1.165) is 32.1 Å². The van der Waals surface area contributed by atoms with Crippen LogP contribution in [0.1, 0.15) is 91.8 Å². The first-order valence-electron chi connectivity index (χ1n) is 13.3. The summed E-state index contributed by atoms with van der Waals surface area (Å²) in [5.74, 6) is -1.06. The zero-order chi connectivity index (χ0) is 26.0. The van der Waals surface area contributed by atoms with Crippen LogP contribution >= 0.6 is 0 Å². The number of carbonyl (C=O) groups excluding carboxylic acids is 5. The van der Waals surface area contributed by atoms with Gasteiger partial charge < -0.3 is 19.9 Å². The van der Waals surface area contributed by atoms with Crippen LogP contribution < -0.4 is 5.32 Å². The molecule has 0 spiro atoms. The molecule has 196 valence electrons. The fourth-order valence-electron chi connectivity index (χ4n) is 6.30. The quantitative estimate of drug-likeness (QED) is 0.503. The van der Waals surface area contributed by atoms with Gasteiger partial charge in [-0.1, -0.05) is 13.3 Å². The molecule has 5 atom stereocenters. The highest BCUT2D eigenvalue weighted by Gasteiger charge is 2.50. The first-order chi connectivity index (χ1) is 17.2. The van der Waals surface area contributed by atoms with Crippen molar-refractivity contribution in [3.63, 3.8) is 0 Å². The fourth-order valence-corrected chi connectivity index (χ4v) is 6.30. The predicted octanol–water partition coefficient (Wildman–Crippen LogP) is 2.96. The number of carbonyl (C=O) groups is 5. The van der Waals surface area contributed by atoms with Gasteiger partial charge in [0.05, 0.1) is 18.2 Å². The molecule has 1 saturated heterocycles. The van der Waals surface area contributed by atoms with E-state index in [2.05, 4.69) is 10.3 Å². The van der Waals surface area contributed by atoms with Gasteiger partial charge in [0.15, 0.2) is 5.78 Å². The lowest BCUT2D eigenvalue weighted by molar-refractivity contribution is -0.131. The molecule has 3 aliphatic rings. The van der Waals surface area contributed by atoms with Crippen LogP contribution in [-0.2, 0) is 19.1 Å². The lowest BCUT2D eigenvalue weighted by atomic mass is 9.91. The van der Waals surface area contributed by atoms with Crippen LogP contribution in [0, 0.1) is 24.7 Å². The summed E-state index contributed by atoms with van der Waals surface area (Å²) in [6.07, 6.45) is 5.49. The maximum atomic E-state index is 13.7. The Bertz CT molecular complexity index is 1050. The lowest BCUT2D eigenvalue weighted by Gasteiger charge is -2.29. The Morgan fingerprint density at radius 3 is 2.61 bits per heavy atom. The number of aryl methyl sites for hydroxylation is 1. The zero-order valence-corrected chi connectivity index (χ0v) is 21.4. The lowest BCUT2D eigenvalue weighted by Crippen LogP contribution is -2.53. The van der Waals surface area contributed by atoms with E-state index in [1.807, 2.05) is 0 Å². The van der Waals surface area contributed by atoms with Crippen LogP contribution in [0.2, 0.25) is 0 Å². The topological polar surface area (TPSA) is 126 Å². The Morgan fingerprint density at radius 1 is 1.17 bits per heavy atom. The molecule has 1 aromatic rings. The number of nitrogens with zero attached hydrogens (tertiary/aromatic N) is 1. The number of aromatic amines is 1. The summed E-state index contributed by atoms with van der Waals surface area (Å²) in [6.45, 7) is 5.87. The van der Waals surface area contributed by atoms with E-state index in [1.54, 1.807) is 25.7 Å². The van der Waals surface area contributed by atoms with E-state index in [1.165, 1.54) is 6.07 Å². The number of hydrogen-bond donors (Lipinski definition) is 2. The van der Waals surface area contributed by atoms with Gasteiger partial charge in [0.1, 0.15) is 17.5 Å². The minimum atomic E-state index is -0.727. The molecule has 3 fully saturated rings. The van der Waals surface area contributed by atoms with E-state index < -0.39 is 18.1 Å². The van der Waals surface area contributed by atoms with Gasteiger partial charge in [-0.3, -0.25) is 19.2 Å². The Morgan fingerprint density at radius 2 is 1.94 bits per heavy atom. The highest BCUT2D eigenvalue weighted by molar-refractivity contribution is 6.01. The minimum absolute atomic E-state index is 0.0278. The standard InChI is InChI=1S/C27H37N3O6/c1-4-22(31)20(12-16-8-7-11-23(16)32)29-25(33)24-18-10-6-9-17(18)14-30(24)26(34)21-13-19(15(3)28-21)27(35)36-5-2/h13,16-18,20,24,28H,4-12,14H2,1-3H3,(H,29,33). The summed E-state index contributed by atoms with van der Waals surface area (Å²) in [5.41, 5.74) is 1.08. The molecule has 5 unspecified atom stereocenters. The molecule has 1 aromatic heterocycles. The monoisotopic (exact) mass is 499 g/mol. The number of H-pyrrole nitrogens is 1. The van der Waals surface area contributed by atoms with Crippen LogP contribution in [0.3, 0.4) is 0 Å². The van der Waals surface area contributed by atoms with Crippen LogP contribution in [0.25, 0.3) is 0 Å². The van der Waals surface area contributed by atoms with Crippen molar-refractivity contribution in [3.8, 4) is 0 Å². The Balaban J connectivity index is 1.55. The highest BCUT2D eigenvalue weighted by atomic mass is 16.5. The van der Waals surface area contributed by atoms with Crippen molar-refractivity contribution in [2.45, 2.75) is 84.2 Å². The van der Waals surface area contributed by atoms with Gasteiger partial charge in [-0.05, 0) is 63.9 Å². The normalized spacial score (nSPS) is 26.1. The van der Waals surface area contributed by atoms with Crippen molar-refractivity contribution in [1.82, 2.24) is 15.2 Å². The molecule has 2 aliphatic carbocycles. The number of fused-ring (bicyclic) bond motifs is 1. The Kier molecular flexibility index (Phi) is 7.95. The molecule has 2 amide bonds. The maximum absolute atomic E-state index is 13.7. The number of likely N-dealkylation sites (tertiary alicyclic amines) is 1. The SMILES string of the molecule is CCOC(=O)c1cc(C(=O)N2CC3CCCC3C2C(=O)NC(CC2CCCC2=O)C(=O)CC)[nH]c1C. The molecule has 4 rings (SSSR count). The van der Waals surface area contributed by atoms with E-state index in [0.29, 0.717) is 30.6 Å². The molecule has 2 saturated carbocycles. The summed E-state index contributed by atoms with van der Waals surface area (Å²) in [6, 6.07) is 0.0783. The Labute approximate surface area is 211 Å². The van der Waals surface area contributed by atoms with Crippen molar-refractivity contribution < 1.29 is 28.7 Å². The number of Topliss-reactive ketones (excluding diaryl/α,β-unsaturated/α-hetero) is 2. The number of nitrogens with one attached hydrogen (secondary N) is 2. The number of hydrogen-bond acceptors (Lipinski definition) is 6. The Hall–Kier alpha value is -2.97. The van der Waals surface area contributed by atoms with E-state index in [-0.39, 0.29) is 59.9 Å². The van der Waals surface area contributed by atoms with Gasteiger partial charge in [0.2, 0.25) is 5.91 Å². The summed E-state index contributed by atoms with van der Waals surface area (Å²) >= 11 is 0. The van der Waals surface area contributed by atoms with E-state index in [9.17, 15) is 24.0 Å². The summed E-state index contributed by atoms with van der Waals surface area (Å²) in [7, 11) is 0. The first-order valence-corrected chi connectivity index (χ1v) is 13.3. The highest BCUT2D eigenvalue weighted by Crippen LogP contribution is 2.43. The van der Waals surface area contributed by atoms with Gasteiger partial charge >= 0.3 is 5.97 Å². The number of aromatic nitrogens is 1. The second-order valence-corrected chi connectivity index (χ2v) is 10.4. The van der Waals surface area contributed by atoms with E-state index in [4.69, 9.17) is 4.74 Å². The summed E-state index contributed by atoms with van der Waals surface area (Å²) in [4.78, 5) is 69.0. The molecule has 0 radical (unpaired) electrons. The second kappa shape index (κ2) is 11.0. The average molecular weight is 500 g/mol. The van der Waals surface area contributed by atoms with Crippen molar-refractivity contribution in [3.05, 3.63) is 23.0 Å². The average Bonchev–Trinajstić information content (AvgIpc) is 3.62. The molecule has 9 heteroatoms.